The van der Waals surface area contributed by atoms with Crippen molar-refractivity contribution in [2.75, 3.05) is 13.1 Å². The number of aryl methyl sites for hydroxylation is 1. The monoisotopic (exact) mass is 357 g/mol. The second-order valence-corrected chi connectivity index (χ2v) is 6.40. The Bertz CT molecular complexity index is 559. The highest BCUT2D eigenvalue weighted by Gasteiger charge is 2.08. The van der Waals surface area contributed by atoms with Crippen molar-refractivity contribution in [2.24, 2.45) is 0 Å². The summed E-state index contributed by atoms with van der Waals surface area (Å²) in [6.45, 7) is 4.22. The van der Waals surface area contributed by atoms with Gasteiger partial charge in [0.15, 0.2) is 0 Å². The first kappa shape index (κ1) is 15.5. The topological polar surface area (TPSA) is 37.8 Å². The van der Waals surface area contributed by atoms with Gasteiger partial charge in [-0.25, -0.2) is 4.39 Å². The van der Waals surface area contributed by atoms with Crippen LogP contribution in [0.5, 0.6) is 0 Å². The fraction of sp³-hybridized carbons (Fsp3) is 0.429. The number of aromatic nitrogens is 2. The molecule has 0 atom stereocenters. The Hall–Kier alpha value is -0.850. The minimum atomic E-state index is -0.263. The van der Waals surface area contributed by atoms with E-state index in [1.165, 1.54) is 6.07 Å². The first-order valence-corrected chi connectivity index (χ1v) is 8.30. The highest BCUT2D eigenvalue weighted by molar-refractivity contribution is 9.10. The predicted molar refractivity (Wildman–Crippen MR) is 84.5 cm³/mol. The van der Waals surface area contributed by atoms with Gasteiger partial charge in [-0.15, -0.1) is 10.2 Å². The molecule has 0 aliphatic rings. The second kappa shape index (κ2) is 7.81. The molecule has 0 unspecified atom stereocenters. The van der Waals surface area contributed by atoms with Gasteiger partial charge in [-0.05, 0) is 60.1 Å². The summed E-state index contributed by atoms with van der Waals surface area (Å²) in [5.41, 5.74) is 0.895. The van der Waals surface area contributed by atoms with Crippen molar-refractivity contribution in [2.45, 2.75) is 26.2 Å². The fourth-order valence-corrected chi connectivity index (χ4v) is 3.02. The van der Waals surface area contributed by atoms with Crippen LogP contribution in [0.25, 0.3) is 10.6 Å². The van der Waals surface area contributed by atoms with Crippen LogP contribution in [0.2, 0.25) is 0 Å². The number of nitrogens with one attached hydrogen (secondary N) is 1. The van der Waals surface area contributed by atoms with E-state index in [-0.39, 0.29) is 5.82 Å². The van der Waals surface area contributed by atoms with Crippen LogP contribution in [-0.2, 0) is 6.42 Å². The highest BCUT2D eigenvalue weighted by Crippen LogP contribution is 2.27. The zero-order chi connectivity index (χ0) is 14.4. The maximum atomic E-state index is 13.2. The average molecular weight is 358 g/mol. The third-order valence-corrected chi connectivity index (χ3v) is 4.44. The van der Waals surface area contributed by atoms with Crippen LogP contribution in [-0.4, -0.2) is 23.3 Å². The smallest absolute Gasteiger partial charge is 0.147 e. The van der Waals surface area contributed by atoms with E-state index < -0.39 is 0 Å². The summed E-state index contributed by atoms with van der Waals surface area (Å²) in [6.07, 6.45) is 3.14. The summed E-state index contributed by atoms with van der Waals surface area (Å²) >= 11 is 4.76. The largest absolute Gasteiger partial charge is 0.317 e. The third kappa shape index (κ3) is 4.33. The first-order valence-electron chi connectivity index (χ1n) is 6.69. The molecule has 0 aliphatic carbocycles. The van der Waals surface area contributed by atoms with Gasteiger partial charge in [0, 0.05) is 12.0 Å². The van der Waals surface area contributed by atoms with Crippen LogP contribution >= 0.6 is 27.3 Å². The molecule has 1 aromatic carbocycles. The van der Waals surface area contributed by atoms with Gasteiger partial charge in [0.1, 0.15) is 15.8 Å². The van der Waals surface area contributed by atoms with Gasteiger partial charge in [0.25, 0.3) is 0 Å². The molecule has 3 nitrogen and oxygen atoms in total. The summed E-state index contributed by atoms with van der Waals surface area (Å²) in [5, 5.41) is 13.6. The molecule has 0 bridgehead atoms. The van der Waals surface area contributed by atoms with Gasteiger partial charge in [-0.3, -0.25) is 0 Å². The lowest BCUT2D eigenvalue weighted by Crippen LogP contribution is -2.16. The molecule has 1 heterocycles. The molecule has 6 heteroatoms. The van der Waals surface area contributed by atoms with E-state index in [4.69, 9.17) is 0 Å². The standard InChI is InChI=1S/C14H17BrFN3S/c1-2-7-17-8-3-4-13-18-19-14(20-13)10-5-6-12(16)11(15)9-10/h5-6,9,17H,2-4,7-8H2,1H3. The second-order valence-electron chi connectivity index (χ2n) is 4.48. The molecule has 2 rings (SSSR count). The van der Waals surface area contributed by atoms with Crippen molar-refractivity contribution in [1.29, 1.82) is 0 Å². The van der Waals surface area contributed by atoms with Crippen LogP contribution in [0, 0.1) is 5.82 Å². The Morgan fingerprint density at radius 3 is 2.90 bits per heavy atom. The van der Waals surface area contributed by atoms with Crippen molar-refractivity contribution >= 4 is 27.3 Å². The lowest BCUT2D eigenvalue weighted by atomic mass is 10.2. The van der Waals surface area contributed by atoms with Gasteiger partial charge >= 0.3 is 0 Å². The number of benzene rings is 1. The maximum Gasteiger partial charge on any atom is 0.147 e. The van der Waals surface area contributed by atoms with Crippen LogP contribution < -0.4 is 5.32 Å². The van der Waals surface area contributed by atoms with Crippen LogP contribution in [0.3, 0.4) is 0 Å². The van der Waals surface area contributed by atoms with E-state index in [9.17, 15) is 4.39 Å². The number of nitrogens with zero attached hydrogens (tertiary/aromatic N) is 2. The number of hydrogen-bond acceptors (Lipinski definition) is 4. The number of halogens is 2. The van der Waals surface area contributed by atoms with Gasteiger partial charge in [-0.1, -0.05) is 18.3 Å². The summed E-state index contributed by atoms with van der Waals surface area (Å²) in [6, 6.07) is 4.91. The van der Waals surface area contributed by atoms with Gasteiger partial charge < -0.3 is 5.32 Å². The lowest BCUT2D eigenvalue weighted by molar-refractivity contribution is 0.621. The zero-order valence-corrected chi connectivity index (χ0v) is 13.7. The zero-order valence-electron chi connectivity index (χ0n) is 11.3. The Kier molecular flexibility index (Phi) is 6.06. The molecule has 2 aromatic rings. The predicted octanol–water partition coefficient (Wildman–Crippen LogP) is 4.04. The first-order chi connectivity index (χ1) is 9.70. The van der Waals surface area contributed by atoms with E-state index in [1.54, 1.807) is 23.5 Å². The molecule has 0 saturated carbocycles. The summed E-state index contributed by atoms with van der Waals surface area (Å²) in [5.74, 6) is -0.263. The number of rotatable bonds is 7. The van der Waals surface area contributed by atoms with Crippen molar-refractivity contribution in [3.05, 3.63) is 33.5 Å². The Balaban J connectivity index is 1.93. The van der Waals surface area contributed by atoms with E-state index >= 15 is 0 Å². The molecule has 20 heavy (non-hydrogen) atoms. The summed E-state index contributed by atoms with van der Waals surface area (Å²) in [4.78, 5) is 0. The Morgan fingerprint density at radius 1 is 1.30 bits per heavy atom. The quantitative estimate of drug-likeness (QED) is 0.759. The molecular weight excluding hydrogens is 341 g/mol. The molecule has 0 spiro atoms. The van der Waals surface area contributed by atoms with Crippen LogP contribution in [0.15, 0.2) is 22.7 Å². The highest BCUT2D eigenvalue weighted by atomic mass is 79.9. The average Bonchev–Trinajstić information content (AvgIpc) is 2.90. The molecule has 0 saturated heterocycles. The molecule has 1 N–H and O–H groups in total. The van der Waals surface area contributed by atoms with Crippen LogP contribution in [0.4, 0.5) is 4.39 Å². The lowest BCUT2D eigenvalue weighted by Gasteiger charge is -2.00. The molecule has 0 aliphatic heterocycles. The minimum absolute atomic E-state index is 0.263. The molecule has 0 amide bonds. The molecule has 0 fully saturated rings. The SMILES string of the molecule is CCCNCCCc1nnc(-c2ccc(F)c(Br)c2)s1. The van der Waals surface area contributed by atoms with Gasteiger partial charge in [0.05, 0.1) is 4.47 Å². The molecule has 0 radical (unpaired) electrons. The van der Waals surface area contributed by atoms with E-state index in [1.807, 2.05) is 0 Å². The Morgan fingerprint density at radius 2 is 2.15 bits per heavy atom. The van der Waals surface area contributed by atoms with Crippen LogP contribution in [0.1, 0.15) is 24.8 Å². The van der Waals surface area contributed by atoms with Gasteiger partial charge in [0.2, 0.25) is 0 Å². The minimum Gasteiger partial charge on any atom is -0.317 e. The van der Waals surface area contributed by atoms with Crippen molar-refractivity contribution in [3.8, 4) is 10.6 Å². The Labute approximate surface area is 130 Å². The van der Waals surface area contributed by atoms with E-state index in [0.29, 0.717) is 4.47 Å². The van der Waals surface area contributed by atoms with E-state index in [0.717, 1.165) is 47.9 Å². The summed E-state index contributed by atoms with van der Waals surface area (Å²) < 4.78 is 13.7. The molecule has 108 valence electrons. The fourth-order valence-electron chi connectivity index (χ4n) is 1.77. The molecular formula is C14H17BrFN3S. The number of hydrogen-bond donors (Lipinski definition) is 1. The molecule has 1 aromatic heterocycles. The maximum absolute atomic E-state index is 13.2. The van der Waals surface area contributed by atoms with Crippen molar-refractivity contribution in [1.82, 2.24) is 15.5 Å². The summed E-state index contributed by atoms with van der Waals surface area (Å²) in [7, 11) is 0. The van der Waals surface area contributed by atoms with Crippen molar-refractivity contribution in [3.63, 3.8) is 0 Å². The normalized spacial score (nSPS) is 10.9. The van der Waals surface area contributed by atoms with Crippen molar-refractivity contribution < 1.29 is 4.39 Å². The van der Waals surface area contributed by atoms with E-state index in [2.05, 4.69) is 38.4 Å². The van der Waals surface area contributed by atoms with Gasteiger partial charge in [-0.2, -0.15) is 0 Å². The third-order valence-electron chi connectivity index (χ3n) is 2.80.